The Morgan fingerprint density at radius 3 is 2.78 bits per heavy atom. The molecule has 23 heavy (non-hydrogen) atoms. The van der Waals surface area contributed by atoms with E-state index in [-0.39, 0.29) is 24.8 Å². The van der Waals surface area contributed by atoms with Crippen molar-refractivity contribution >= 4 is 17.5 Å². The minimum Gasteiger partial charge on any atom is -0.424 e. The van der Waals surface area contributed by atoms with E-state index in [1.807, 2.05) is 26.0 Å². The molecule has 0 fully saturated rings. The van der Waals surface area contributed by atoms with Crippen molar-refractivity contribution in [2.45, 2.75) is 39.7 Å². The summed E-state index contributed by atoms with van der Waals surface area (Å²) in [5.41, 5.74) is 3.80. The van der Waals surface area contributed by atoms with Crippen LogP contribution in [0.3, 0.4) is 0 Å². The summed E-state index contributed by atoms with van der Waals surface area (Å²) < 4.78 is 5.20. The van der Waals surface area contributed by atoms with Crippen molar-refractivity contribution in [3.8, 4) is 0 Å². The van der Waals surface area contributed by atoms with E-state index in [2.05, 4.69) is 20.8 Å². The quantitative estimate of drug-likeness (QED) is 0.896. The van der Waals surface area contributed by atoms with Crippen LogP contribution in [-0.4, -0.2) is 22.0 Å². The lowest BCUT2D eigenvalue weighted by atomic mass is 9.94. The minimum absolute atomic E-state index is 0.0921. The third-order valence-electron chi connectivity index (χ3n) is 3.84. The molecule has 0 radical (unpaired) electrons. The molecule has 0 saturated heterocycles. The summed E-state index contributed by atoms with van der Waals surface area (Å²) in [5, 5.41) is 13.1. The van der Waals surface area contributed by atoms with Crippen LogP contribution < -0.4 is 10.6 Å². The van der Waals surface area contributed by atoms with Gasteiger partial charge in [-0.3, -0.25) is 9.59 Å². The van der Waals surface area contributed by atoms with Gasteiger partial charge in [-0.05, 0) is 25.0 Å². The maximum absolute atomic E-state index is 12.2. The average molecular weight is 314 g/mol. The molecule has 2 N–H and O–H groups in total. The second kappa shape index (κ2) is 5.83. The minimum atomic E-state index is -0.465. The number of hydrogen-bond donors (Lipinski definition) is 2. The van der Waals surface area contributed by atoms with Crippen molar-refractivity contribution in [3.63, 3.8) is 0 Å². The van der Waals surface area contributed by atoms with Crippen molar-refractivity contribution < 1.29 is 14.0 Å². The highest BCUT2D eigenvalue weighted by Gasteiger charge is 2.33. The summed E-state index contributed by atoms with van der Waals surface area (Å²) in [5.74, 6) is -0.0402. The van der Waals surface area contributed by atoms with Gasteiger partial charge in [0.2, 0.25) is 23.6 Å². The van der Waals surface area contributed by atoms with Crippen LogP contribution in [0.15, 0.2) is 16.5 Å². The number of nitrogens with zero attached hydrogens (tertiary/aromatic N) is 2. The number of aromatic nitrogens is 2. The van der Waals surface area contributed by atoms with Gasteiger partial charge in [-0.15, -0.1) is 10.2 Å². The fourth-order valence-electron chi connectivity index (χ4n) is 2.84. The van der Waals surface area contributed by atoms with Crippen LogP contribution in [0.1, 0.15) is 40.8 Å². The van der Waals surface area contributed by atoms with E-state index in [1.54, 1.807) is 6.92 Å². The molecule has 2 aromatic rings. The van der Waals surface area contributed by atoms with E-state index < -0.39 is 5.92 Å². The van der Waals surface area contributed by atoms with Crippen molar-refractivity contribution in [1.29, 1.82) is 0 Å². The lowest BCUT2D eigenvalue weighted by molar-refractivity contribution is -0.125. The molecule has 1 aliphatic rings. The number of carbonyl (C=O) groups is 2. The first kappa shape index (κ1) is 15.2. The molecule has 7 heteroatoms. The summed E-state index contributed by atoms with van der Waals surface area (Å²) in [4.78, 5) is 24.3. The largest absolute Gasteiger partial charge is 0.424 e. The fraction of sp³-hybridized carbons (Fsp3) is 0.375. The highest BCUT2D eigenvalue weighted by Crippen LogP contribution is 2.37. The SMILES string of the molecule is Cc1cc(C)c2c(c1)[C@@H](CC(=O)NCc1nnc(C)o1)C(=O)N2. The molecule has 7 nitrogen and oxygen atoms in total. The Morgan fingerprint density at radius 2 is 2.09 bits per heavy atom. The van der Waals surface area contributed by atoms with Gasteiger partial charge >= 0.3 is 0 Å². The van der Waals surface area contributed by atoms with Gasteiger partial charge in [0.15, 0.2) is 0 Å². The van der Waals surface area contributed by atoms with Gasteiger partial charge in [0.1, 0.15) is 0 Å². The third kappa shape index (κ3) is 3.08. The first-order valence-corrected chi connectivity index (χ1v) is 7.41. The van der Waals surface area contributed by atoms with Gasteiger partial charge in [-0.25, -0.2) is 0 Å². The summed E-state index contributed by atoms with van der Waals surface area (Å²) in [7, 11) is 0. The van der Waals surface area contributed by atoms with Crippen LogP contribution in [0.4, 0.5) is 5.69 Å². The second-order valence-corrected chi connectivity index (χ2v) is 5.78. The van der Waals surface area contributed by atoms with E-state index >= 15 is 0 Å². The molecule has 120 valence electrons. The molecule has 1 aromatic heterocycles. The average Bonchev–Trinajstić information content (AvgIpc) is 3.02. The Labute approximate surface area is 133 Å². The molecule has 2 heterocycles. The molecular formula is C16H18N4O3. The molecule has 0 unspecified atom stereocenters. The topological polar surface area (TPSA) is 97.1 Å². The Hall–Kier alpha value is -2.70. The first-order chi connectivity index (χ1) is 10.9. The number of aryl methyl sites for hydroxylation is 3. The molecule has 1 aromatic carbocycles. The number of anilines is 1. The van der Waals surface area contributed by atoms with Crippen LogP contribution in [0, 0.1) is 20.8 Å². The number of benzene rings is 1. The fourth-order valence-corrected chi connectivity index (χ4v) is 2.84. The maximum Gasteiger partial charge on any atom is 0.235 e. The first-order valence-electron chi connectivity index (χ1n) is 7.41. The Balaban J connectivity index is 1.68. The summed E-state index contributed by atoms with van der Waals surface area (Å²) in [6, 6.07) is 3.97. The molecule has 1 aliphatic heterocycles. The zero-order valence-corrected chi connectivity index (χ0v) is 13.3. The van der Waals surface area contributed by atoms with E-state index in [4.69, 9.17) is 4.42 Å². The van der Waals surface area contributed by atoms with E-state index in [9.17, 15) is 9.59 Å². The smallest absolute Gasteiger partial charge is 0.235 e. The van der Waals surface area contributed by atoms with E-state index in [1.165, 1.54) is 0 Å². The number of rotatable bonds is 4. The molecular weight excluding hydrogens is 296 g/mol. The number of hydrogen-bond acceptors (Lipinski definition) is 5. The Bertz CT molecular complexity index is 782. The van der Waals surface area contributed by atoms with Gasteiger partial charge in [0.25, 0.3) is 0 Å². The number of carbonyl (C=O) groups excluding carboxylic acids is 2. The Morgan fingerprint density at radius 1 is 1.30 bits per heavy atom. The normalized spacial score (nSPS) is 16.1. The van der Waals surface area contributed by atoms with Crippen LogP contribution >= 0.6 is 0 Å². The molecule has 0 aliphatic carbocycles. The van der Waals surface area contributed by atoms with Gasteiger partial charge in [0, 0.05) is 19.0 Å². The van der Waals surface area contributed by atoms with Crippen LogP contribution in [0.2, 0.25) is 0 Å². The molecule has 1 atom stereocenters. The number of amides is 2. The van der Waals surface area contributed by atoms with Crippen LogP contribution in [0.5, 0.6) is 0 Å². The highest BCUT2D eigenvalue weighted by molar-refractivity contribution is 6.05. The maximum atomic E-state index is 12.2. The number of fused-ring (bicyclic) bond motifs is 1. The van der Waals surface area contributed by atoms with Gasteiger partial charge < -0.3 is 15.1 Å². The zero-order chi connectivity index (χ0) is 16.6. The molecule has 0 spiro atoms. The summed E-state index contributed by atoms with van der Waals surface area (Å²) in [6.07, 6.45) is 0.0921. The summed E-state index contributed by atoms with van der Waals surface area (Å²) in [6.45, 7) is 5.77. The Kier molecular flexibility index (Phi) is 3.85. The predicted molar refractivity (Wildman–Crippen MR) is 82.8 cm³/mol. The molecule has 3 rings (SSSR count). The van der Waals surface area contributed by atoms with Gasteiger partial charge in [-0.1, -0.05) is 17.7 Å². The van der Waals surface area contributed by atoms with Gasteiger partial charge in [0.05, 0.1) is 12.5 Å². The molecule has 0 saturated carbocycles. The molecule has 2 amide bonds. The van der Waals surface area contributed by atoms with Crippen LogP contribution in [-0.2, 0) is 16.1 Å². The van der Waals surface area contributed by atoms with E-state index in [0.29, 0.717) is 11.8 Å². The monoisotopic (exact) mass is 314 g/mol. The van der Waals surface area contributed by atoms with Crippen molar-refractivity contribution in [3.05, 3.63) is 40.6 Å². The lowest BCUT2D eigenvalue weighted by Crippen LogP contribution is -2.26. The predicted octanol–water partition coefficient (Wildman–Crippen LogP) is 1.74. The molecule has 0 bridgehead atoms. The second-order valence-electron chi connectivity index (χ2n) is 5.78. The standard InChI is InChI=1S/C16H18N4O3/c1-8-4-9(2)15-11(5-8)12(16(22)18-15)6-13(21)17-7-14-20-19-10(3)23-14/h4-5,12H,6-7H2,1-3H3,(H,17,21)(H,18,22)/t12-/m1/s1. The van der Waals surface area contributed by atoms with Crippen molar-refractivity contribution in [2.24, 2.45) is 0 Å². The van der Waals surface area contributed by atoms with Crippen molar-refractivity contribution in [2.75, 3.05) is 5.32 Å². The lowest BCUT2D eigenvalue weighted by Gasteiger charge is -2.10. The van der Waals surface area contributed by atoms with Crippen LogP contribution in [0.25, 0.3) is 0 Å². The zero-order valence-electron chi connectivity index (χ0n) is 13.3. The highest BCUT2D eigenvalue weighted by atomic mass is 16.4. The third-order valence-corrected chi connectivity index (χ3v) is 3.84. The van der Waals surface area contributed by atoms with Crippen molar-refractivity contribution in [1.82, 2.24) is 15.5 Å². The van der Waals surface area contributed by atoms with E-state index in [0.717, 1.165) is 22.4 Å². The van der Waals surface area contributed by atoms with Gasteiger partial charge in [-0.2, -0.15) is 0 Å². The summed E-state index contributed by atoms with van der Waals surface area (Å²) >= 11 is 0. The number of nitrogens with one attached hydrogen (secondary N) is 2.